The minimum absolute atomic E-state index is 0.0500. The molecule has 7 heteroatoms. The van der Waals surface area contributed by atoms with Gasteiger partial charge in [0.25, 0.3) is 0 Å². The molecule has 0 aliphatic carbocycles. The van der Waals surface area contributed by atoms with Gasteiger partial charge in [0, 0.05) is 6.04 Å². The van der Waals surface area contributed by atoms with E-state index < -0.39 is 12.6 Å². The zero-order valence-electron chi connectivity index (χ0n) is 11.8. The zero-order chi connectivity index (χ0) is 15.2. The van der Waals surface area contributed by atoms with E-state index >= 15 is 0 Å². The first kappa shape index (κ1) is 15.5. The Labute approximate surface area is 122 Å². The van der Waals surface area contributed by atoms with Gasteiger partial charge in [-0.1, -0.05) is 12.1 Å². The molecule has 1 aromatic carbocycles. The normalized spacial score (nSPS) is 16.8. The van der Waals surface area contributed by atoms with Crippen molar-refractivity contribution in [2.24, 2.45) is 0 Å². The number of rotatable bonds is 4. The molecular weight excluding hydrogens is 280 g/mol. The Balaban J connectivity index is 1.90. The summed E-state index contributed by atoms with van der Waals surface area (Å²) in [5.74, 6) is -0.0500. The van der Waals surface area contributed by atoms with Crippen LogP contribution in [-0.4, -0.2) is 43.7 Å². The van der Waals surface area contributed by atoms with Crippen molar-refractivity contribution in [1.29, 1.82) is 0 Å². The summed E-state index contributed by atoms with van der Waals surface area (Å²) >= 11 is 0. The molecule has 2 N–H and O–H groups in total. The highest BCUT2D eigenvalue weighted by Gasteiger charge is 2.19. The average Bonchev–Trinajstić information content (AvgIpc) is 2.43. The minimum atomic E-state index is -2.93. The third kappa shape index (κ3) is 4.86. The number of likely N-dealkylation sites (tertiary alicyclic amines) is 1. The van der Waals surface area contributed by atoms with Crippen LogP contribution in [0, 0.1) is 0 Å². The quantitative estimate of drug-likeness (QED) is 0.898. The predicted octanol–water partition coefficient (Wildman–Crippen LogP) is 2.50. The van der Waals surface area contributed by atoms with E-state index in [9.17, 15) is 13.6 Å². The topological polar surface area (TPSA) is 53.6 Å². The Kier molecular flexibility index (Phi) is 5.32. The standard InChI is InChI=1S/C14H19F2N3O2/c1-19-8-6-10(7-9-19)17-14(20)18-11-4-2-3-5-12(11)21-13(15)16/h2-5,10,13H,6-9H2,1H3,(H2,17,18,20). The Hall–Kier alpha value is -1.89. The molecule has 1 saturated heterocycles. The summed E-state index contributed by atoms with van der Waals surface area (Å²) < 4.78 is 29.0. The molecular formula is C14H19F2N3O2. The molecule has 0 bridgehead atoms. The number of ether oxygens (including phenoxy) is 1. The molecule has 2 amide bonds. The summed E-state index contributed by atoms with van der Waals surface area (Å²) in [4.78, 5) is 14.1. The number of para-hydroxylation sites is 2. The van der Waals surface area contributed by atoms with Crippen LogP contribution in [0.4, 0.5) is 19.3 Å². The summed E-state index contributed by atoms with van der Waals surface area (Å²) in [5, 5.41) is 5.40. The Morgan fingerprint density at radius 2 is 2.00 bits per heavy atom. The summed E-state index contributed by atoms with van der Waals surface area (Å²) in [6, 6.07) is 5.81. The molecule has 0 spiro atoms. The number of benzene rings is 1. The lowest BCUT2D eigenvalue weighted by Crippen LogP contribution is -2.44. The van der Waals surface area contributed by atoms with Gasteiger partial charge in [-0.15, -0.1) is 0 Å². The molecule has 1 aromatic rings. The first-order chi connectivity index (χ1) is 10.0. The third-order valence-electron chi connectivity index (χ3n) is 3.41. The van der Waals surface area contributed by atoms with E-state index in [1.165, 1.54) is 12.1 Å². The van der Waals surface area contributed by atoms with Crippen molar-refractivity contribution in [3.63, 3.8) is 0 Å². The van der Waals surface area contributed by atoms with Gasteiger partial charge in [-0.2, -0.15) is 8.78 Å². The molecule has 0 radical (unpaired) electrons. The summed E-state index contributed by atoms with van der Waals surface area (Å²) in [5.41, 5.74) is 0.225. The number of nitrogens with zero attached hydrogens (tertiary/aromatic N) is 1. The van der Waals surface area contributed by atoms with Crippen molar-refractivity contribution in [1.82, 2.24) is 10.2 Å². The summed E-state index contributed by atoms with van der Waals surface area (Å²) in [7, 11) is 2.04. The van der Waals surface area contributed by atoms with Gasteiger partial charge in [0.2, 0.25) is 0 Å². The fourth-order valence-corrected chi connectivity index (χ4v) is 2.27. The van der Waals surface area contributed by atoms with Crippen LogP contribution in [0.3, 0.4) is 0 Å². The van der Waals surface area contributed by atoms with E-state index in [4.69, 9.17) is 0 Å². The van der Waals surface area contributed by atoms with Crippen LogP contribution in [0.15, 0.2) is 24.3 Å². The van der Waals surface area contributed by atoms with E-state index in [1.54, 1.807) is 12.1 Å². The Morgan fingerprint density at radius 1 is 1.33 bits per heavy atom. The van der Waals surface area contributed by atoms with Crippen molar-refractivity contribution in [3.8, 4) is 5.75 Å². The molecule has 5 nitrogen and oxygen atoms in total. The van der Waals surface area contributed by atoms with Crippen LogP contribution in [0.1, 0.15) is 12.8 Å². The van der Waals surface area contributed by atoms with Crippen LogP contribution in [-0.2, 0) is 0 Å². The molecule has 2 rings (SSSR count). The molecule has 0 saturated carbocycles. The second kappa shape index (κ2) is 7.21. The minimum Gasteiger partial charge on any atom is -0.433 e. The number of hydrogen-bond donors (Lipinski definition) is 2. The van der Waals surface area contributed by atoms with Crippen molar-refractivity contribution in [2.45, 2.75) is 25.5 Å². The number of piperidine rings is 1. The van der Waals surface area contributed by atoms with Crippen LogP contribution < -0.4 is 15.4 Å². The SMILES string of the molecule is CN1CCC(NC(=O)Nc2ccccc2OC(F)F)CC1. The Morgan fingerprint density at radius 3 is 2.67 bits per heavy atom. The molecule has 116 valence electrons. The van der Waals surface area contributed by atoms with Crippen molar-refractivity contribution < 1.29 is 18.3 Å². The largest absolute Gasteiger partial charge is 0.433 e. The second-order valence-electron chi connectivity index (χ2n) is 5.05. The lowest BCUT2D eigenvalue weighted by molar-refractivity contribution is -0.0493. The van der Waals surface area contributed by atoms with E-state index in [0.29, 0.717) is 0 Å². The van der Waals surface area contributed by atoms with E-state index in [0.717, 1.165) is 25.9 Å². The maximum atomic E-state index is 12.3. The molecule has 1 fully saturated rings. The maximum Gasteiger partial charge on any atom is 0.387 e. The van der Waals surface area contributed by atoms with Gasteiger partial charge in [-0.05, 0) is 45.1 Å². The number of carbonyl (C=O) groups excluding carboxylic acids is 1. The number of nitrogens with one attached hydrogen (secondary N) is 2. The molecule has 0 unspecified atom stereocenters. The van der Waals surface area contributed by atoms with Gasteiger partial charge in [-0.3, -0.25) is 0 Å². The third-order valence-corrected chi connectivity index (χ3v) is 3.41. The number of urea groups is 1. The van der Waals surface area contributed by atoms with E-state index in [2.05, 4.69) is 20.3 Å². The van der Waals surface area contributed by atoms with E-state index in [1.807, 2.05) is 7.05 Å². The first-order valence-corrected chi connectivity index (χ1v) is 6.84. The van der Waals surface area contributed by atoms with E-state index in [-0.39, 0.29) is 17.5 Å². The number of amides is 2. The number of hydrogen-bond acceptors (Lipinski definition) is 3. The molecule has 1 aliphatic heterocycles. The highest BCUT2D eigenvalue weighted by Crippen LogP contribution is 2.25. The van der Waals surface area contributed by atoms with Gasteiger partial charge in [0.1, 0.15) is 5.75 Å². The lowest BCUT2D eigenvalue weighted by atomic mass is 10.1. The van der Waals surface area contributed by atoms with Crippen LogP contribution in [0.5, 0.6) is 5.75 Å². The molecule has 21 heavy (non-hydrogen) atoms. The monoisotopic (exact) mass is 299 g/mol. The highest BCUT2D eigenvalue weighted by molar-refractivity contribution is 5.91. The number of anilines is 1. The fraction of sp³-hybridized carbons (Fsp3) is 0.500. The predicted molar refractivity (Wildman–Crippen MR) is 75.7 cm³/mol. The fourth-order valence-electron chi connectivity index (χ4n) is 2.27. The van der Waals surface area contributed by atoms with Gasteiger partial charge in [-0.25, -0.2) is 4.79 Å². The van der Waals surface area contributed by atoms with Gasteiger partial charge >= 0.3 is 12.6 Å². The summed E-state index contributed by atoms with van der Waals surface area (Å²) in [6.45, 7) is -1.07. The smallest absolute Gasteiger partial charge is 0.387 e. The lowest BCUT2D eigenvalue weighted by Gasteiger charge is -2.29. The van der Waals surface area contributed by atoms with Gasteiger partial charge in [0.05, 0.1) is 5.69 Å². The highest BCUT2D eigenvalue weighted by atomic mass is 19.3. The molecule has 1 aliphatic rings. The molecule has 0 atom stereocenters. The number of halogens is 2. The van der Waals surface area contributed by atoms with Gasteiger partial charge in [0.15, 0.2) is 0 Å². The number of alkyl halides is 2. The summed E-state index contributed by atoms with van der Waals surface area (Å²) in [6.07, 6.45) is 1.75. The first-order valence-electron chi connectivity index (χ1n) is 6.84. The maximum absolute atomic E-state index is 12.3. The second-order valence-corrected chi connectivity index (χ2v) is 5.05. The Bertz CT molecular complexity index is 477. The van der Waals surface area contributed by atoms with Crippen LogP contribution >= 0.6 is 0 Å². The number of carbonyl (C=O) groups is 1. The molecule has 0 aromatic heterocycles. The molecule has 1 heterocycles. The van der Waals surface area contributed by atoms with Crippen molar-refractivity contribution in [2.75, 3.05) is 25.5 Å². The van der Waals surface area contributed by atoms with Crippen molar-refractivity contribution >= 4 is 11.7 Å². The van der Waals surface area contributed by atoms with Crippen LogP contribution in [0.25, 0.3) is 0 Å². The zero-order valence-corrected chi connectivity index (χ0v) is 11.8. The van der Waals surface area contributed by atoms with Gasteiger partial charge < -0.3 is 20.3 Å². The van der Waals surface area contributed by atoms with Crippen molar-refractivity contribution in [3.05, 3.63) is 24.3 Å². The van der Waals surface area contributed by atoms with Crippen LogP contribution in [0.2, 0.25) is 0 Å². The average molecular weight is 299 g/mol.